The van der Waals surface area contributed by atoms with E-state index in [0.29, 0.717) is 13.2 Å². The molecule has 396 valence electrons. The molecule has 2 saturated heterocycles. The van der Waals surface area contributed by atoms with Gasteiger partial charge < -0.3 is 58.5 Å². The van der Waals surface area contributed by atoms with Crippen LogP contribution in [-0.2, 0) is 43.0 Å². The van der Waals surface area contributed by atoms with Gasteiger partial charge in [-0.3, -0.25) is 4.18 Å². The van der Waals surface area contributed by atoms with Gasteiger partial charge >= 0.3 is 29.6 Å². The molecule has 0 amide bonds. The predicted molar refractivity (Wildman–Crippen MR) is 259 cm³/mol. The summed E-state index contributed by atoms with van der Waals surface area (Å²) >= 11 is 0. The van der Waals surface area contributed by atoms with Crippen LogP contribution >= 0.6 is 0 Å². The summed E-state index contributed by atoms with van der Waals surface area (Å²) in [5, 5.41) is 53.1. The fourth-order valence-electron chi connectivity index (χ4n) is 8.51. The largest absolute Gasteiger partial charge is 1.00 e. The molecule has 0 aliphatic carbocycles. The van der Waals surface area contributed by atoms with Gasteiger partial charge in [-0.25, -0.2) is 8.42 Å². The van der Waals surface area contributed by atoms with Gasteiger partial charge in [0.05, 0.1) is 19.8 Å². The first-order chi connectivity index (χ1) is 32.4. The smallest absolute Gasteiger partial charge is 0.726 e. The molecule has 2 rings (SSSR count). The third-order valence-corrected chi connectivity index (χ3v) is 13.2. The van der Waals surface area contributed by atoms with Crippen molar-refractivity contribution >= 4 is 10.4 Å². The molecule has 0 aromatic rings. The van der Waals surface area contributed by atoms with Crippen LogP contribution in [0.3, 0.4) is 0 Å². The van der Waals surface area contributed by atoms with Gasteiger partial charge in [-0.2, -0.15) is 0 Å². The van der Waals surface area contributed by atoms with Crippen molar-refractivity contribution in [3.63, 3.8) is 0 Å². The molecule has 0 aromatic heterocycles. The fourth-order valence-corrected chi connectivity index (χ4v) is 9.08. The molecular formula is C51H95NaO15S. The summed E-state index contributed by atoms with van der Waals surface area (Å²) in [4.78, 5) is 0. The third kappa shape index (κ3) is 30.8. The Balaban J connectivity index is 0.0000231. The summed E-state index contributed by atoms with van der Waals surface area (Å²) in [6.45, 7) is 6.30. The molecule has 2 heterocycles. The van der Waals surface area contributed by atoms with Crippen LogP contribution in [0.4, 0.5) is 0 Å². The number of aliphatic hydroxyl groups is 5. The van der Waals surface area contributed by atoms with Crippen LogP contribution in [0.5, 0.6) is 0 Å². The topological polar surface area (TPSA) is 223 Å². The molecule has 0 spiro atoms. The molecule has 0 saturated carbocycles. The van der Waals surface area contributed by atoms with Crippen LogP contribution in [0.15, 0.2) is 24.3 Å². The van der Waals surface area contributed by atoms with Gasteiger partial charge in [-0.05, 0) is 64.2 Å². The summed E-state index contributed by atoms with van der Waals surface area (Å²) in [6, 6.07) is 0. The molecule has 0 radical (unpaired) electrons. The molecule has 11 atom stereocenters. The number of ether oxygens (including phenoxy) is 6. The summed E-state index contributed by atoms with van der Waals surface area (Å²) in [5.74, 6) is -1.14. The van der Waals surface area contributed by atoms with Gasteiger partial charge in [0.25, 0.3) is 0 Å². The zero-order valence-electron chi connectivity index (χ0n) is 42.7. The zero-order chi connectivity index (χ0) is 49.0. The first kappa shape index (κ1) is 65.9. The van der Waals surface area contributed by atoms with Gasteiger partial charge in [0.2, 0.25) is 10.4 Å². The van der Waals surface area contributed by atoms with Crippen molar-refractivity contribution in [3.05, 3.63) is 24.3 Å². The summed E-state index contributed by atoms with van der Waals surface area (Å²) in [5.41, 5.74) is 0. The summed E-state index contributed by atoms with van der Waals surface area (Å²) in [6.07, 6.45) is 28.1. The number of rotatable bonds is 43. The van der Waals surface area contributed by atoms with E-state index in [-0.39, 0.29) is 42.8 Å². The van der Waals surface area contributed by atoms with E-state index in [1.807, 2.05) is 0 Å². The maximum absolute atomic E-state index is 11.4. The normalized spacial score (nSPS) is 26.2. The first-order valence-electron chi connectivity index (χ1n) is 26.5. The predicted octanol–water partition coefficient (Wildman–Crippen LogP) is 5.83. The van der Waals surface area contributed by atoms with Gasteiger partial charge in [-0.1, -0.05) is 161 Å². The SMILES string of the molecule is CCCCCCCC/C=C\CCCCCCCCOCC(CO[C@@H]1O[C@H](O)[C@@H](O[C@@H]2O[C@H](CO)[C@H](O)[C@H](OS(=O)(=O)[O-])[C@H]2C)[C@H](O)[C@H]1O)OCCCCCCCC/C=C\CCCCCCCC.[Na+]. The van der Waals surface area contributed by atoms with Crippen molar-refractivity contribution in [2.45, 2.75) is 262 Å². The zero-order valence-corrected chi connectivity index (χ0v) is 45.5. The van der Waals surface area contributed by atoms with Crippen LogP contribution in [0.25, 0.3) is 0 Å². The van der Waals surface area contributed by atoms with Crippen LogP contribution in [0.2, 0.25) is 0 Å². The molecule has 2 aliphatic heterocycles. The van der Waals surface area contributed by atoms with E-state index in [1.165, 1.54) is 135 Å². The van der Waals surface area contributed by atoms with Crippen LogP contribution < -0.4 is 29.6 Å². The van der Waals surface area contributed by atoms with Gasteiger partial charge in [0, 0.05) is 19.1 Å². The van der Waals surface area contributed by atoms with Gasteiger partial charge in [-0.15, -0.1) is 0 Å². The standard InChI is InChI=1S/C51H96O15S.Na/c1-4-6-8-10-12-14-16-18-20-22-24-26-28-30-32-34-36-60-39-42(61-37-35-33-31-29-27-25-23-21-19-17-15-13-11-9-7-5-2)40-62-51-46(55)45(54)48(49(56)65-51)64-50-41(3)47(66-67(57,58)59)44(53)43(38-52)63-50;/h18-21,41-56H,4-17,22-40H2,1-3H3,(H,57,58,59);/q;+1/p-1/b20-18-,21-19-;/t41-,42?,43-,44+,45-,46-,47-,48+,49+,50+,51-;/m1./s1. The molecule has 0 bridgehead atoms. The Morgan fingerprint density at radius 2 is 1.03 bits per heavy atom. The maximum atomic E-state index is 11.4. The molecule has 1 unspecified atom stereocenters. The monoisotopic (exact) mass is 1000 g/mol. The second-order valence-electron chi connectivity index (χ2n) is 18.8. The van der Waals surface area contributed by atoms with Gasteiger partial charge in [0.1, 0.15) is 42.7 Å². The summed E-state index contributed by atoms with van der Waals surface area (Å²) < 4.78 is 73.5. The number of hydrogen-bond acceptors (Lipinski definition) is 15. The molecule has 5 N–H and O–H groups in total. The Morgan fingerprint density at radius 3 is 1.50 bits per heavy atom. The van der Waals surface area contributed by atoms with Crippen molar-refractivity contribution in [1.29, 1.82) is 0 Å². The Hall–Kier alpha value is -0.0900. The number of allylic oxidation sites excluding steroid dienone is 4. The molecule has 17 heteroatoms. The van der Waals surface area contributed by atoms with Crippen LogP contribution in [-0.4, -0.2) is 133 Å². The Morgan fingerprint density at radius 1 is 0.574 bits per heavy atom. The minimum Gasteiger partial charge on any atom is -0.726 e. The van der Waals surface area contributed by atoms with E-state index in [2.05, 4.69) is 42.3 Å². The van der Waals surface area contributed by atoms with Gasteiger partial charge in [0.15, 0.2) is 18.9 Å². The van der Waals surface area contributed by atoms with Crippen molar-refractivity contribution in [2.75, 3.05) is 33.0 Å². The molecule has 68 heavy (non-hydrogen) atoms. The van der Waals surface area contributed by atoms with Crippen molar-refractivity contribution in [3.8, 4) is 0 Å². The van der Waals surface area contributed by atoms with Crippen molar-refractivity contribution in [2.24, 2.45) is 5.92 Å². The quantitative estimate of drug-likeness (QED) is 0.0160. The Bertz CT molecular complexity index is 1330. The van der Waals surface area contributed by atoms with E-state index in [9.17, 15) is 38.5 Å². The molecule has 2 fully saturated rings. The minimum absolute atomic E-state index is 0. The average Bonchev–Trinajstić information content (AvgIpc) is 3.30. The second-order valence-corrected chi connectivity index (χ2v) is 19.8. The van der Waals surface area contributed by atoms with E-state index < -0.39 is 84.5 Å². The van der Waals surface area contributed by atoms with Crippen LogP contribution in [0.1, 0.15) is 201 Å². The molecular weight excluding hydrogens is 908 g/mol. The number of hydrogen-bond donors (Lipinski definition) is 5. The van der Waals surface area contributed by atoms with Crippen molar-refractivity contribution in [1.82, 2.24) is 0 Å². The number of unbranched alkanes of at least 4 members (excludes halogenated alkanes) is 24. The minimum atomic E-state index is -5.27. The molecule has 15 nitrogen and oxygen atoms in total. The van der Waals surface area contributed by atoms with Crippen molar-refractivity contribution < 1.29 is 101 Å². The second kappa shape index (κ2) is 42.3. The Labute approximate surface area is 434 Å². The number of aliphatic hydroxyl groups excluding tert-OH is 5. The molecule has 2 aliphatic rings. The van der Waals surface area contributed by atoms with E-state index in [0.717, 1.165) is 51.4 Å². The van der Waals surface area contributed by atoms with E-state index in [1.54, 1.807) is 0 Å². The van der Waals surface area contributed by atoms with Crippen LogP contribution in [0, 0.1) is 5.92 Å². The first-order valence-corrected chi connectivity index (χ1v) is 27.8. The summed E-state index contributed by atoms with van der Waals surface area (Å²) in [7, 11) is -5.27. The van der Waals surface area contributed by atoms with E-state index >= 15 is 0 Å². The van der Waals surface area contributed by atoms with E-state index in [4.69, 9.17) is 28.4 Å². The average molecular weight is 1000 g/mol. The Kier molecular flexibility index (Phi) is 41.0. The fraction of sp³-hybridized carbons (Fsp3) is 0.922. The molecule has 0 aromatic carbocycles. The maximum Gasteiger partial charge on any atom is 1.00 e. The third-order valence-electron chi connectivity index (χ3n) is 12.8.